The van der Waals surface area contributed by atoms with Crippen LogP contribution in [-0.4, -0.2) is 27.7 Å². The zero-order valence-corrected chi connectivity index (χ0v) is 17.6. The van der Waals surface area contributed by atoms with Crippen molar-refractivity contribution in [3.05, 3.63) is 76.9 Å². The van der Waals surface area contributed by atoms with Crippen molar-refractivity contribution < 1.29 is 9.59 Å². The van der Waals surface area contributed by atoms with Crippen LogP contribution in [0.15, 0.2) is 60.1 Å². The van der Waals surface area contributed by atoms with Gasteiger partial charge in [0, 0.05) is 28.5 Å². The van der Waals surface area contributed by atoms with Gasteiger partial charge in [-0.2, -0.15) is 0 Å². The Morgan fingerprint density at radius 1 is 1.00 bits per heavy atom. The fourth-order valence-corrected chi connectivity index (χ4v) is 4.18. The number of amides is 2. The van der Waals surface area contributed by atoms with Crippen LogP contribution in [0.5, 0.6) is 0 Å². The first kappa shape index (κ1) is 19.8. The second kappa shape index (κ2) is 8.51. The third-order valence-corrected chi connectivity index (χ3v) is 5.77. The number of rotatable bonds is 6. The van der Waals surface area contributed by atoms with Crippen LogP contribution >= 0.6 is 11.3 Å². The first-order chi connectivity index (χ1) is 14.5. The molecule has 152 valence electrons. The Balaban J connectivity index is 1.38. The van der Waals surface area contributed by atoms with E-state index in [1.54, 1.807) is 0 Å². The zero-order valence-electron chi connectivity index (χ0n) is 16.8. The number of aromatic nitrogens is 2. The summed E-state index contributed by atoms with van der Waals surface area (Å²) in [5, 5.41) is 7.50. The highest BCUT2D eigenvalue weighted by atomic mass is 32.1. The highest BCUT2D eigenvalue weighted by molar-refractivity contribution is 7.15. The molecule has 4 rings (SSSR count). The van der Waals surface area contributed by atoms with E-state index >= 15 is 0 Å². The van der Waals surface area contributed by atoms with E-state index in [0.29, 0.717) is 0 Å². The van der Waals surface area contributed by atoms with Crippen LogP contribution in [0.1, 0.15) is 16.8 Å². The summed E-state index contributed by atoms with van der Waals surface area (Å²) in [5.41, 5.74) is 5.53. The molecule has 0 radical (unpaired) electrons. The van der Waals surface area contributed by atoms with Crippen LogP contribution in [0, 0.1) is 13.8 Å². The number of hydrogen-bond donors (Lipinski definition) is 2. The fraction of sp³-hybridized carbons (Fsp3) is 0.174. The van der Waals surface area contributed by atoms with Gasteiger partial charge >= 0.3 is 0 Å². The maximum Gasteiger partial charge on any atom is 0.243 e. The summed E-state index contributed by atoms with van der Waals surface area (Å²) < 4.78 is 1.93. The standard InChI is InChI=1S/C23H22N4O2S/c1-15-7-6-8-16(2)22(15)26-21(29)12-24-20(28)11-18-14-30-23-25-19(13-27(18)23)17-9-4-3-5-10-17/h3-10,13-14H,11-12H2,1-2H3,(H,24,28)(H,26,29). The average molecular weight is 419 g/mol. The molecule has 0 aliphatic carbocycles. The minimum atomic E-state index is -0.245. The summed E-state index contributed by atoms with van der Waals surface area (Å²) in [6.07, 6.45) is 2.12. The number of para-hydroxylation sites is 1. The van der Waals surface area contributed by atoms with E-state index in [4.69, 9.17) is 0 Å². The van der Waals surface area contributed by atoms with Gasteiger partial charge in [-0.3, -0.25) is 14.0 Å². The van der Waals surface area contributed by atoms with Crippen LogP contribution in [0.2, 0.25) is 0 Å². The monoisotopic (exact) mass is 418 g/mol. The lowest BCUT2D eigenvalue weighted by Crippen LogP contribution is -2.34. The van der Waals surface area contributed by atoms with E-state index in [1.165, 1.54) is 11.3 Å². The quantitative estimate of drug-likeness (QED) is 0.497. The SMILES string of the molecule is Cc1cccc(C)c1NC(=O)CNC(=O)Cc1csc2nc(-c3ccccc3)cn12. The van der Waals surface area contributed by atoms with E-state index < -0.39 is 0 Å². The van der Waals surface area contributed by atoms with E-state index in [2.05, 4.69) is 15.6 Å². The van der Waals surface area contributed by atoms with E-state index in [9.17, 15) is 9.59 Å². The lowest BCUT2D eigenvalue weighted by atomic mass is 10.1. The van der Waals surface area contributed by atoms with Gasteiger partial charge in [-0.15, -0.1) is 11.3 Å². The Morgan fingerprint density at radius 2 is 1.73 bits per heavy atom. The second-order valence-electron chi connectivity index (χ2n) is 7.14. The third kappa shape index (κ3) is 4.26. The summed E-state index contributed by atoms with van der Waals surface area (Å²) in [7, 11) is 0. The highest BCUT2D eigenvalue weighted by Gasteiger charge is 2.14. The molecular formula is C23H22N4O2S. The molecule has 0 fully saturated rings. The highest BCUT2D eigenvalue weighted by Crippen LogP contribution is 2.24. The molecule has 0 unspecified atom stereocenters. The molecule has 2 aromatic carbocycles. The van der Waals surface area contributed by atoms with Gasteiger partial charge in [0.2, 0.25) is 11.8 Å². The Kier molecular flexibility index (Phi) is 5.63. The maximum atomic E-state index is 12.4. The number of nitrogens with zero attached hydrogens (tertiary/aromatic N) is 2. The number of anilines is 1. The molecule has 0 spiro atoms. The van der Waals surface area contributed by atoms with Gasteiger partial charge in [-0.25, -0.2) is 4.98 Å². The summed E-state index contributed by atoms with van der Waals surface area (Å²) in [5.74, 6) is -0.452. The number of aryl methyl sites for hydroxylation is 2. The van der Waals surface area contributed by atoms with Crippen molar-refractivity contribution in [3.8, 4) is 11.3 Å². The maximum absolute atomic E-state index is 12.4. The van der Waals surface area contributed by atoms with Crippen molar-refractivity contribution in [2.75, 3.05) is 11.9 Å². The molecule has 0 atom stereocenters. The normalized spacial score (nSPS) is 10.9. The third-order valence-electron chi connectivity index (χ3n) is 4.89. The first-order valence-corrected chi connectivity index (χ1v) is 10.5. The molecular weight excluding hydrogens is 396 g/mol. The summed E-state index contributed by atoms with van der Waals surface area (Å²) in [6.45, 7) is 3.81. The lowest BCUT2D eigenvalue weighted by molar-refractivity contribution is -0.123. The van der Waals surface area contributed by atoms with Crippen molar-refractivity contribution >= 4 is 33.8 Å². The van der Waals surface area contributed by atoms with Crippen LogP contribution in [-0.2, 0) is 16.0 Å². The number of fused-ring (bicyclic) bond motifs is 1. The van der Waals surface area contributed by atoms with Crippen LogP contribution in [0.3, 0.4) is 0 Å². The predicted octanol–water partition coefficient (Wildman–Crippen LogP) is 3.98. The number of carbonyl (C=O) groups is 2. The molecule has 0 aliphatic heterocycles. The minimum absolute atomic E-state index is 0.0704. The molecule has 30 heavy (non-hydrogen) atoms. The molecule has 4 aromatic rings. The minimum Gasteiger partial charge on any atom is -0.347 e. The topological polar surface area (TPSA) is 75.5 Å². The second-order valence-corrected chi connectivity index (χ2v) is 7.98. The Hall–Kier alpha value is -3.45. The summed E-state index contributed by atoms with van der Waals surface area (Å²) >= 11 is 1.49. The fourth-order valence-electron chi connectivity index (χ4n) is 3.31. The number of hydrogen-bond acceptors (Lipinski definition) is 4. The van der Waals surface area contributed by atoms with E-state index in [-0.39, 0.29) is 24.8 Å². The Bertz CT molecular complexity index is 1190. The van der Waals surface area contributed by atoms with Crippen LogP contribution in [0.25, 0.3) is 16.2 Å². The first-order valence-electron chi connectivity index (χ1n) is 9.65. The van der Waals surface area contributed by atoms with Crippen LogP contribution in [0.4, 0.5) is 5.69 Å². The van der Waals surface area contributed by atoms with E-state index in [1.807, 2.05) is 78.4 Å². The van der Waals surface area contributed by atoms with Gasteiger partial charge in [-0.1, -0.05) is 48.5 Å². The molecule has 0 saturated heterocycles. The lowest BCUT2D eigenvalue weighted by Gasteiger charge is -2.11. The molecule has 2 N–H and O–H groups in total. The molecule has 0 aliphatic rings. The van der Waals surface area contributed by atoms with Crippen LogP contribution < -0.4 is 10.6 Å². The Morgan fingerprint density at radius 3 is 2.47 bits per heavy atom. The van der Waals surface area contributed by atoms with Gasteiger partial charge in [0.15, 0.2) is 4.96 Å². The zero-order chi connectivity index (χ0) is 21.1. The van der Waals surface area contributed by atoms with Gasteiger partial charge in [0.25, 0.3) is 0 Å². The number of nitrogens with one attached hydrogen (secondary N) is 2. The average Bonchev–Trinajstić information content (AvgIpc) is 3.32. The Labute approximate surface area is 178 Å². The smallest absolute Gasteiger partial charge is 0.243 e. The van der Waals surface area contributed by atoms with Gasteiger partial charge < -0.3 is 10.6 Å². The number of benzene rings is 2. The number of thiazole rings is 1. The predicted molar refractivity (Wildman–Crippen MR) is 120 cm³/mol. The largest absolute Gasteiger partial charge is 0.347 e. The van der Waals surface area contributed by atoms with Crippen molar-refractivity contribution in [2.45, 2.75) is 20.3 Å². The summed E-state index contributed by atoms with van der Waals surface area (Å²) in [6, 6.07) is 15.8. The molecule has 7 heteroatoms. The molecule has 6 nitrogen and oxygen atoms in total. The number of carbonyl (C=O) groups excluding carboxylic acids is 2. The molecule has 2 aromatic heterocycles. The van der Waals surface area contributed by atoms with Gasteiger partial charge in [0.05, 0.1) is 18.7 Å². The molecule has 2 amide bonds. The number of imidazole rings is 1. The molecule has 0 saturated carbocycles. The van der Waals surface area contributed by atoms with Crippen molar-refractivity contribution in [2.24, 2.45) is 0 Å². The van der Waals surface area contributed by atoms with Crippen molar-refractivity contribution in [1.82, 2.24) is 14.7 Å². The van der Waals surface area contributed by atoms with Gasteiger partial charge in [0.1, 0.15) is 0 Å². The molecule has 2 heterocycles. The van der Waals surface area contributed by atoms with E-state index in [0.717, 1.165) is 38.7 Å². The van der Waals surface area contributed by atoms with Gasteiger partial charge in [-0.05, 0) is 25.0 Å². The summed E-state index contributed by atoms with van der Waals surface area (Å²) in [4.78, 5) is 30.1. The van der Waals surface area contributed by atoms with Crippen molar-refractivity contribution in [3.63, 3.8) is 0 Å². The molecule has 0 bridgehead atoms. The van der Waals surface area contributed by atoms with Crippen molar-refractivity contribution in [1.29, 1.82) is 0 Å².